The van der Waals surface area contributed by atoms with Gasteiger partial charge in [-0.3, -0.25) is 0 Å². The summed E-state index contributed by atoms with van der Waals surface area (Å²) in [6.45, 7) is 3.93. The van der Waals surface area contributed by atoms with Gasteiger partial charge in [0.05, 0.1) is 5.75 Å². The predicted molar refractivity (Wildman–Crippen MR) is 82.5 cm³/mol. The van der Waals surface area contributed by atoms with Gasteiger partial charge < -0.3 is 5.73 Å². The van der Waals surface area contributed by atoms with Crippen LogP contribution < -0.4 is 10.5 Å². The summed E-state index contributed by atoms with van der Waals surface area (Å²) < 4.78 is 26.7. The molecule has 0 aliphatic rings. The van der Waals surface area contributed by atoms with Gasteiger partial charge >= 0.3 is 0 Å². The van der Waals surface area contributed by atoms with E-state index in [4.69, 9.17) is 18.0 Å². The molecular weight excluding hydrogens is 280 g/mol. The molecule has 0 radical (unpaired) electrons. The molecule has 0 bridgehead atoms. The van der Waals surface area contributed by atoms with Crippen LogP contribution in [0.1, 0.15) is 37.8 Å². The van der Waals surface area contributed by atoms with Gasteiger partial charge in [0.1, 0.15) is 4.99 Å². The lowest BCUT2D eigenvalue weighted by Crippen LogP contribution is -2.34. The molecule has 0 saturated heterocycles. The second kappa shape index (κ2) is 6.98. The van der Waals surface area contributed by atoms with E-state index in [-0.39, 0.29) is 11.8 Å². The van der Waals surface area contributed by atoms with E-state index in [1.165, 1.54) is 0 Å². The number of thiocarbonyl (C=S) groups is 1. The summed E-state index contributed by atoms with van der Waals surface area (Å²) in [7, 11) is -3.31. The first kappa shape index (κ1) is 16.1. The molecule has 0 fully saturated rings. The topological polar surface area (TPSA) is 72.2 Å². The van der Waals surface area contributed by atoms with Crippen LogP contribution in [-0.2, 0) is 15.8 Å². The number of sulfonamides is 1. The van der Waals surface area contributed by atoms with E-state index in [0.29, 0.717) is 4.99 Å². The summed E-state index contributed by atoms with van der Waals surface area (Å²) >= 11 is 4.85. The van der Waals surface area contributed by atoms with Gasteiger partial charge in [-0.2, -0.15) is 0 Å². The van der Waals surface area contributed by atoms with E-state index in [0.717, 1.165) is 24.0 Å². The quantitative estimate of drug-likeness (QED) is 0.755. The van der Waals surface area contributed by atoms with Crippen molar-refractivity contribution >= 4 is 27.2 Å². The molecule has 0 heterocycles. The van der Waals surface area contributed by atoms with Crippen LogP contribution in [0.4, 0.5) is 0 Å². The van der Waals surface area contributed by atoms with E-state index >= 15 is 0 Å². The van der Waals surface area contributed by atoms with Gasteiger partial charge in [-0.15, -0.1) is 0 Å². The zero-order chi connectivity index (χ0) is 14.5. The minimum atomic E-state index is -3.31. The van der Waals surface area contributed by atoms with Crippen molar-refractivity contribution in [3.8, 4) is 0 Å². The van der Waals surface area contributed by atoms with Crippen molar-refractivity contribution in [2.24, 2.45) is 5.73 Å². The van der Waals surface area contributed by atoms with Crippen molar-refractivity contribution in [1.82, 2.24) is 4.72 Å². The van der Waals surface area contributed by atoms with Gasteiger partial charge in [0.2, 0.25) is 10.0 Å². The molecule has 0 unspecified atom stereocenters. The van der Waals surface area contributed by atoms with Crippen LogP contribution in [0.25, 0.3) is 0 Å². The first-order valence-corrected chi connectivity index (χ1v) is 8.32. The summed E-state index contributed by atoms with van der Waals surface area (Å²) in [5.41, 5.74) is 6.95. The lowest BCUT2D eigenvalue weighted by atomic mass is 10.1. The number of rotatable bonds is 7. The largest absolute Gasteiger partial charge is 0.389 e. The summed E-state index contributed by atoms with van der Waals surface area (Å²) in [5, 5.41) is 0. The fraction of sp³-hybridized carbons (Fsp3) is 0.462. The Morgan fingerprint density at radius 3 is 2.21 bits per heavy atom. The number of hydrogen-bond acceptors (Lipinski definition) is 3. The zero-order valence-corrected chi connectivity index (χ0v) is 12.9. The molecule has 106 valence electrons. The maximum Gasteiger partial charge on any atom is 0.216 e. The van der Waals surface area contributed by atoms with E-state index in [2.05, 4.69) is 4.72 Å². The van der Waals surface area contributed by atoms with Gasteiger partial charge in [0.15, 0.2) is 0 Å². The van der Waals surface area contributed by atoms with Crippen LogP contribution in [0.2, 0.25) is 0 Å². The van der Waals surface area contributed by atoms with Crippen molar-refractivity contribution < 1.29 is 8.42 Å². The highest BCUT2D eigenvalue weighted by atomic mass is 32.2. The molecule has 1 rings (SSSR count). The zero-order valence-electron chi connectivity index (χ0n) is 11.2. The Morgan fingerprint density at radius 1 is 1.26 bits per heavy atom. The van der Waals surface area contributed by atoms with Crippen LogP contribution >= 0.6 is 12.2 Å². The monoisotopic (exact) mass is 300 g/mol. The Hall–Kier alpha value is -0.980. The lowest BCUT2D eigenvalue weighted by molar-refractivity contribution is 0.529. The molecule has 0 saturated carbocycles. The van der Waals surface area contributed by atoms with E-state index in [9.17, 15) is 8.42 Å². The Balaban J connectivity index is 2.75. The van der Waals surface area contributed by atoms with Crippen molar-refractivity contribution in [3.63, 3.8) is 0 Å². The number of nitrogens with one attached hydrogen (secondary N) is 1. The van der Waals surface area contributed by atoms with Crippen LogP contribution in [0.15, 0.2) is 24.3 Å². The number of benzene rings is 1. The Kier molecular flexibility index (Phi) is 5.90. The molecular formula is C13H20N2O2S2. The Morgan fingerprint density at radius 2 is 1.79 bits per heavy atom. The molecule has 19 heavy (non-hydrogen) atoms. The van der Waals surface area contributed by atoms with E-state index in [1.807, 2.05) is 13.8 Å². The first-order valence-electron chi connectivity index (χ1n) is 6.26. The molecule has 0 aromatic heterocycles. The maximum atomic E-state index is 12.0. The molecule has 1 aromatic carbocycles. The second-order valence-corrected chi connectivity index (χ2v) is 6.65. The lowest BCUT2D eigenvalue weighted by Gasteiger charge is -2.15. The van der Waals surface area contributed by atoms with Gasteiger partial charge in [-0.25, -0.2) is 13.1 Å². The van der Waals surface area contributed by atoms with Crippen LogP contribution in [0, 0.1) is 0 Å². The van der Waals surface area contributed by atoms with Crippen molar-refractivity contribution in [3.05, 3.63) is 35.4 Å². The SMILES string of the molecule is CCC(CC)NS(=O)(=O)Cc1ccc(C(N)=S)cc1. The molecule has 3 N–H and O–H groups in total. The van der Waals surface area contributed by atoms with E-state index < -0.39 is 10.0 Å². The Labute approximate surface area is 120 Å². The molecule has 1 aromatic rings. The summed E-state index contributed by atoms with van der Waals surface area (Å²) in [6, 6.07) is 6.96. The fourth-order valence-corrected chi connectivity index (χ4v) is 3.43. The standard InChI is InChI=1S/C13H20N2O2S2/c1-3-12(4-2)15-19(16,17)9-10-5-7-11(8-6-10)13(14)18/h5-8,12,15H,3-4,9H2,1-2H3,(H2,14,18). The summed E-state index contributed by atoms with van der Waals surface area (Å²) in [4.78, 5) is 0.310. The molecule has 6 heteroatoms. The molecule has 0 aliphatic heterocycles. The fourth-order valence-electron chi connectivity index (χ4n) is 1.74. The average Bonchev–Trinajstić information content (AvgIpc) is 2.36. The van der Waals surface area contributed by atoms with Gasteiger partial charge in [-0.1, -0.05) is 50.3 Å². The Bertz CT molecular complexity index is 520. The smallest absolute Gasteiger partial charge is 0.216 e. The third-order valence-electron chi connectivity index (χ3n) is 2.93. The van der Waals surface area contributed by atoms with Crippen molar-refractivity contribution in [2.75, 3.05) is 0 Å². The highest BCUT2D eigenvalue weighted by molar-refractivity contribution is 7.88. The van der Waals surface area contributed by atoms with Crippen LogP contribution in [-0.4, -0.2) is 19.4 Å². The highest BCUT2D eigenvalue weighted by Crippen LogP contribution is 2.09. The van der Waals surface area contributed by atoms with Gasteiger partial charge in [0, 0.05) is 11.6 Å². The highest BCUT2D eigenvalue weighted by Gasteiger charge is 2.15. The third-order valence-corrected chi connectivity index (χ3v) is 4.57. The normalized spacial score (nSPS) is 11.7. The number of hydrogen-bond donors (Lipinski definition) is 2. The minimum absolute atomic E-state index is 0.000827. The molecule has 4 nitrogen and oxygen atoms in total. The maximum absolute atomic E-state index is 12.0. The molecule has 0 atom stereocenters. The predicted octanol–water partition coefficient (Wildman–Crippen LogP) is 1.93. The van der Waals surface area contributed by atoms with Crippen molar-refractivity contribution in [2.45, 2.75) is 38.5 Å². The number of nitrogens with two attached hydrogens (primary N) is 1. The van der Waals surface area contributed by atoms with E-state index in [1.54, 1.807) is 24.3 Å². The summed E-state index contributed by atoms with van der Waals surface area (Å²) in [5.74, 6) is -0.0267. The van der Waals surface area contributed by atoms with Crippen LogP contribution in [0.3, 0.4) is 0 Å². The molecule has 0 aliphatic carbocycles. The van der Waals surface area contributed by atoms with Crippen LogP contribution in [0.5, 0.6) is 0 Å². The molecule has 0 amide bonds. The first-order chi connectivity index (χ1) is 8.88. The van der Waals surface area contributed by atoms with Crippen molar-refractivity contribution in [1.29, 1.82) is 0 Å². The molecule has 0 spiro atoms. The minimum Gasteiger partial charge on any atom is -0.389 e. The average molecular weight is 300 g/mol. The summed E-state index contributed by atoms with van der Waals surface area (Å²) in [6.07, 6.45) is 1.58. The third kappa shape index (κ3) is 5.26. The second-order valence-electron chi connectivity index (χ2n) is 4.45. The van der Waals surface area contributed by atoms with Gasteiger partial charge in [0.25, 0.3) is 0 Å². The van der Waals surface area contributed by atoms with Gasteiger partial charge in [-0.05, 0) is 18.4 Å².